The van der Waals surface area contributed by atoms with Gasteiger partial charge in [0.05, 0.1) is 10.7 Å². The lowest BCUT2D eigenvalue weighted by molar-refractivity contribution is -0.274. The molecule has 2 aromatic rings. The number of rotatable bonds is 7. The van der Waals surface area contributed by atoms with Crippen molar-refractivity contribution in [1.29, 1.82) is 0 Å². The van der Waals surface area contributed by atoms with Gasteiger partial charge < -0.3 is 15.2 Å². The van der Waals surface area contributed by atoms with Crippen LogP contribution in [0.2, 0.25) is 5.02 Å². The molecule has 0 unspecified atom stereocenters. The molecular weight excluding hydrogens is 449 g/mol. The van der Waals surface area contributed by atoms with Gasteiger partial charge in [0, 0.05) is 11.8 Å². The molecule has 0 heterocycles. The van der Waals surface area contributed by atoms with E-state index in [1.807, 2.05) is 0 Å². The summed E-state index contributed by atoms with van der Waals surface area (Å²) in [5.41, 5.74) is -0.0190. The molecule has 12 heteroatoms. The first kappa shape index (κ1) is 23.8. The van der Waals surface area contributed by atoms with Gasteiger partial charge in [0.2, 0.25) is 0 Å². The largest absolute Gasteiger partial charge is 0.573 e. The van der Waals surface area contributed by atoms with Crippen LogP contribution in [-0.2, 0) is 14.8 Å². The molecule has 0 saturated carbocycles. The topological polar surface area (TPSA) is 105 Å². The second-order valence-corrected chi connectivity index (χ2v) is 8.56. The number of benzene rings is 2. The van der Waals surface area contributed by atoms with Gasteiger partial charge in [-0.25, -0.2) is 8.42 Å². The zero-order valence-corrected chi connectivity index (χ0v) is 17.3. The highest BCUT2D eigenvalue weighted by Gasteiger charge is 2.31. The third-order valence-corrected chi connectivity index (χ3v) is 5.57. The summed E-state index contributed by atoms with van der Waals surface area (Å²) in [7, 11) is -4.26. The fraction of sp³-hybridized carbons (Fsp3) is 0.278. The average molecular weight is 467 g/mol. The summed E-state index contributed by atoms with van der Waals surface area (Å²) in [5, 5.41) is 11.9. The summed E-state index contributed by atoms with van der Waals surface area (Å²) in [5.74, 6) is -1.62. The van der Waals surface area contributed by atoms with E-state index in [0.717, 1.165) is 18.2 Å². The highest BCUT2D eigenvalue weighted by atomic mass is 35.5. The lowest BCUT2D eigenvalue weighted by atomic mass is 10.1. The summed E-state index contributed by atoms with van der Waals surface area (Å²) in [6, 6.07) is 7.83. The summed E-state index contributed by atoms with van der Waals surface area (Å²) >= 11 is 6.02. The molecule has 0 fully saturated rings. The number of aliphatic hydroxyl groups is 1. The molecule has 3 N–H and O–H groups in total. The second-order valence-electron chi connectivity index (χ2n) is 6.50. The van der Waals surface area contributed by atoms with Crippen molar-refractivity contribution in [3.05, 3.63) is 47.5 Å². The Bertz CT molecular complexity index is 1030. The molecule has 2 rings (SSSR count). The first-order chi connectivity index (χ1) is 13.8. The average Bonchev–Trinajstić information content (AvgIpc) is 2.59. The van der Waals surface area contributed by atoms with Crippen LogP contribution >= 0.6 is 11.6 Å². The van der Waals surface area contributed by atoms with Gasteiger partial charge in [0.15, 0.2) is 0 Å². The Hall–Kier alpha value is -2.50. The predicted octanol–water partition coefficient (Wildman–Crippen LogP) is 3.99. The molecule has 2 aromatic carbocycles. The Morgan fingerprint density at radius 3 is 2.37 bits per heavy atom. The monoisotopic (exact) mass is 466 g/mol. The van der Waals surface area contributed by atoms with E-state index < -0.39 is 34.1 Å². The Morgan fingerprint density at radius 1 is 1.13 bits per heavy atom. The zero-order chi connectivity index (χ0) is 22.7. The molecule has 1 atom stereocenters. The van der Waals surface area contributed by atoms with Gasteiger partial charge in [-0.1, -0.05) is 31.5 Å². The number of hydrogen-bond donors (Lipinski definition) is 3. The second kappa shape index (κ2) is 9.11. The number of sulfonamides is 1. The normalized spacial score (nSPS) is 13.1. The van der Waals surface area contributed by atoms with E-state index in [1.54, 1.807) is 13.8 Å². The molecule has 30 heavy (non-hydrogen) atoms. The van der Waals surface area contributed by atoms with Crippen molar-refractivity contribution in [3.8, 4) is 5.75 Å². The molecular formula is C18H18ClF3N2O5S. The van der Waals surface area contributed by atoms with Gasteiger partial charge in [-0.2, -0.15) is 0 Å². The van der Waals surface area contributed by atoms with Crippen LogP contribution in [0.1, 0.15) is 13.8 Å². The van der Waals surface area contributed by atoms with Crippen LogP contribution in [0.5, 0.6) is 5.75 Å². The van der Waals surface area contributed by atoms with Crippen LogP contribution in [0.15, 0.2) is 47.4 Å². The lowest BCUT2D eigenvalue weighted by Gasteiger charge is -2.15. The van der Waals surface area contributed by atoms with E-state index in [9.17, 15) is 31.5 Å². The summed E-state index contributed by atoms with van der Waals surface area (Å²) in [6.07, 6.45) is -6.19. The molecule has 1 amide bonds. The van der Waals surface area contributed by atoms with Gasteiger partial charge >= 0.3 is 6.36 Å². The maximum absolute atomic E-state index is 12.6. The highest BCUT2D eigenvalue weighted by molar-refractivity contribution is 7.92. The highest BCUT2D eigenvalue weighted by Crippen LogP contribution is 2.29. The Morgan fingerprint density at radius 2 is 1.80 bits per heavy atom. The number of amides is 1. The van der Waals surface area contributed by atoms with Gasteiger partial charge in [-0.3, -0.25) is 9.52 Å². The molecule has 0 aliphatic carbocycles. The molecule has 0 aliphatic heterocycles. The van der Waals surface area contributed by atoms with Crippen LogP contribution in [0.3, 0.4) is 0 Å². The number of alkyl halides is 3. The molecule has 0 aliphatic rings. The van der Waals surface area contributed by atoms with Gasteiger partial charge in [-0.05, 0) is 36.2 Å². The first-order valence-corrected chi connectivity index (χ1v) is 10.3. The van der Waals surface area contributed by atoms with E-state index >= 15 is 0 Å². The van der Waals surface area contributed by atoms with Gasteiger partial charge in [0.25, 0.3) is 15.9 Å². The minimum absolute atomic E-state index is 0.157. The summed E-state index contributed by atoms with van der Waals surface area (Å²) in [6.45, 7) is 3.29. The van der Waals surface area contributed by atoms with Gasteiger partial charge in [-0.15, -0.1) is 13.2 Å². The maximum Gasteiger partial charge on any atom is 0.573 e. The third kappa shape index (κ3) is 6.51. The number of carbonyl (C=O) groups is 1. The van der Waals surface area contributed by atoms with Crippen LogP contribution in [0, 0.1) is 5.92 Å². The van der Waals surface area contributed by atoms with Crippen LogP contribution in [0.25, 0.3) is 0 Å². The Kier molecular flexibility index (Phi) is 7.22. The smallest absolute Gasteiger partial charge is 0.406 e. The number of halogens is 4. The number of carbonyl (C=O) groups excluding carboxylic acids is 1. The van der Waals surface area contributed by atoms with E-state index in [0.29, 0.717) is 0 Å². The molecule has 0 aromatic heterocycles. The van der Waals surface area contributed by atoms with Crippen molar-refractivity contribution in [2.24, 2.45) is 5.92 Å². The van der Waals surface area contributed by atoms with Crippen molar-refractivity contribution in [2.45, 2.75) is 31.2 Å². The molecule has 0 radical (unpaired) electrons. The molecule has 7 nitrogen and oxygen atoms in total. The molecule has 0 bridgehead atoms. The molecule has 0 saturated heterocycles. The fourth-order valence-corrected chi connectivity index (χ4v) is 3.88. The number of ether oxygens (including phenoxy) is 1. The van der Waals surface area contributed by atoms with Crippen molar-refractivity contribution < 1.29 is 36.2 Å². The van der Waals surface area contributed by atoms with Crippen molar-refractivity contribution in [2.75, 3.05) is 10.0 Å². The Balaban J connectivity index is 2.21. The van der Waals surface area contributed by atoms with E-state index in [4.69, 9.17) is 11.6 Å². The van der Waals surface area contributed by atoms with Crippen LogP contribution < -0.4 is 14.8 Å². The van der Waals surface area contributed by atoms with E-state index in [2.05, 4.69) is 14.8 Å². The van der Waals surface area contributed by atoms with Gasteiger partial charge in [0.1, 0.15) is 16.7 Å². The number of hydrogen-bond acceptors (Lipinski definition) is 5. The Labute approximate surface area is 175 Å². The summed E-state index contributed by atoms with van der Waals surface area (Å²) < 4.78 is 68.0. The van der Waals surface area contributed by atoms with Crippen LogP contribution in [0.4, 0.5) is 24.5 Å². The minimum Gasteiger partial charge on any atom is -0.406 e. The van der Waals surface area contributed by atoms with Crippen molar-refractivity contribution >= 4 is 38.9 Å². The minimum atomic E-state index is -4.93. The predicted molar refractivity (Wildman–Crippen MR) is 105 cm³/mol. The van der Waals surface area contributed by atoms with Crippen molar-refractivity contribution in [3.63, 3.8) is 0 Å². The first-order valence-electron chi connectivity index (χ1n) is 8.45. The standard InChI is InChI=1S/C18H18ClF3N2O5S/c1-10(2)16(25)17(26)23-11-6-7-15(14(19)9-11)30(27,28)24-12-4-3-5-13(8-12)29-18(20,21)22/h3-10,16,24-25H,1-2H3,(H,23,26)/t16-/m0/s1. The maximum atomic E-state index is 12.6. The molecule has 0 spiro atoms. The quantitative estimate of drug-likeness (QED) is 0.572. The summed E-state index contributed by atoms with van der Waals surface area (Å²) in [4.78, 5) is 11.5. The SMILES string of the molecule is CC(C)[C@H](O)C(=O)Nc1ccc(S(=O)(=O)Nc2cccc(OC(F)(F)F)c2)c(Cl)c1. The lowest BCUT2D eigenvalue weighted by Crippen LogP contribution is -2.31. The zero-order valence-electron chi connectivity index (χ0n) is 15.7. The van der Waals surface area contributed by atoms with Crippen LogP contribution in [-0.4, -0.2) is 31.9 Å². The number of nitrogens with one attached hydrogen (secondary N) is 2. The van der Waals surface area contributed by atoms with E-state index in [1.165, 1.54) is 24.3 Å². The van der Waals surface area contributed by atoms with Crippen molar-refractivity contribution in [1.82, 2.24) is 0 Å². The number of anilines is 2. The molecule has 164 valence electrons. The van der Waals surface area contributed by atoms with E-state index in [-0.39, 0.29) is 27.2 Å². The number of aliphatic hydroxyl groups excluding tert-OH is 1. The third-order valence-electron chi connectivity index (χ3n) is 3.71. The fourth-order valence-electron chi connectivity index (χ4n) is 2.28.